The van der Waals surface area contributed by atoms with Crippen LogP contribution in [0.25, 0.3) is 0 Å². The summed E-state index contributed by atoms with van der Waals surface area (Å²) < 4.78 is 0. The lowest BCUT2D eigenvalue weighted by Gasteiger charge is -2.08. The predicted molar refractivity (Wildman–Crippen MR) is 97.4 cm³/mol. The molecule has 0 aliphatic carbocycles. The lowest BCUT2D eigenvalue weighted by atomic mass is 10.1. The molecule has 0 heterocycles. The number of Topliss-reactive ketones (excluding diaryl/α,β-unsaturated/α-hetero) is 1. The van der Waals surface area contributed by atoms with E-state index < -0.39 is 0 Å². The van der Waals surface area contributed by atoms with Gasteiger partial charge in [-0.1, -0.05) is 48.0 Å². The van der Waals surface area contributed by atoms with Crippen LogP contribution in [0.5, 0.6) is 0 Å². The van der Waals surface area contributed by atoms with Crippen LogP contribution in [-0.4, -0.2) is 11.5 Å². The van der Waals surface area contributed by atoms with E-state index in [1.165, 1.54) is 9.79 Å². The van der Waals surface area contributed by atoms with Crippen molar-refractivity contribution in [2.24, 2.45) is 0 Å². The fraction of sp³-hybridized carbons (Fsp3) is 0.0500. The fourth-order valence-corrected chi connectivity index (χ4v) is 4.45. The maximum atomic E-state index is 12.7. The third-order valence-corrected chi connectivity index (χ3v) is 5.98. The van der Waals surface area contributed by atoms with Crippen LogP contribution >= 0.6 is 11.6 Å². The minimum Gasteiger partial charge on any atom is -0.289 e. The van der Waals surface area contributed by atoms with Gasteiger partial charge in [0.25, 0.3) is 0 Å². The average molecular weight is 340 g/mol. The Morgan fingerprint density at radius 1 is 0.739 bits per heavy atom. The summed E-state index contributed by atoms with van der Waals surface area (Å²) in [7, 11) is -0.270. The molecule has 0 amide bonds. The average Bonchev–Trinajstić information content (AvgIpc) is 2.61. The van der Waals surface area contributed by atoms with Crippen LogP contribution < -0.4 is 0 Å². The molecule has 0 radical (unpaired) electrons. The molecule has 0 unspecified atom stereocenters. The molecule has 3 aromatic carbocycles. The van der Waals surface area contributed by atoms with Crippen molar-refractivity contribution in [3.05, 3.63) is 95.5 Å². The summed E-state index contributed by atoms with van der Waals surface area (Å²) in [5, 5.41) is 0.645. The Hall–Kier alpha value is -2.03. The van der Waals surface area contributed by atoms with Crippen LogP contribution in [0.4, 0.5) is 0 Å². The molecule has 0 aromatic heterocycles. The third-order valence-electron chi connectivity index (χ3n) is 3.50. The summed E-state index contributed by atoms with van der Waals surface area (Å²) >= 11 is 5.90. The van der Waals surface area contributed by atoms with Crippen molar-refractivity contribution in [3.8, 4) is 0 Å². The minimum atomic E-state index is -0.270. The van der Waals surface area contributed by atoms with Crippen molar-refractivity contribution in [2.45, 2.75) is 9.79 Å². The van der Waals surface area contributed by atoms with Crippen LogP contribution in [0.1, 0.15) is 10.4 Å². The zero-order chi connectivity index (χ0) is 16.1. The van der Waals surface area contributed by atoms with E-state index in [0.717, 1.165) is 0 Å². The van der Waals surface area contributed by atoms with E-state index in [9.17, 15) is 4.79 Å². The topological polar surface area (TPSA) is 17.1 Å². The number of carbonyl (C=O) groups excluding carboxylic acids is 1. The fourth-order valence-electron chi connectivity index (χ4n) is 2.32. The second-order valence-corrected chi connectivity index (χ2v) is 7.54. The maximum absolute atomic E-state index is 12.7. The second kappa shape index (κ2) is 7.49. The first-order valence-electron chi connectivity index (χ1n) is 7.34. The molecular formula is C20H16ClOS+. The number of rotatable bonds is 5. The van der Waals surface area contributed by atoms with Gasteiger partial charge in [-0.25, -0.2) is 0 Å². The number of ketones is 1. The lowest BCUT2D eigenvalue weighted by Crippen LogP contribution is -2.17. The van der Waals surface area contributed by atoms with E-state index in [4.69, 9.17) is 11.6 Å². The number of hydrogen-bond acceptors (Lipinski definition) is 1. The van der Waals surface area contributed by atoms with Gasteiger partial charge in [0.2, 0.25) is 5.78 Å². The summed E-state index contributed by atoms with van der Waals surface area (Å²) in [6.07, 6.45) is 0. The number of hydrogen-bond donors (Lipinski definition) is 0. The molecule has 0 atom stereocenters. The number of carbonyl (C=O) groups is 1. The zero-order valence-electron chi connectivity index (χ0n) is 12.5. The van der Waals surface area contributed by atoms with Gasteiger partial charge in [0.1, 0.15) is 0 Å². The van der Waals surface area contributed by atoms with Gasteiger partial charge < -0.3 is 0 Å². The molecule has 3 rings (SSSR count). The van der Waals surface area contributed by atoms with Gasteiger partial charge >= 0.3 is 0 Å². The predicted octanol–water partition coefficient (Wildman–Crippen LogP) is 5.26. The van der Waals surface area contributed by atoms with Gasteiger partial charge in [-0.15, -0.1) is 0 Å². The summed E-state index contributed by atoms with van der Waals surface area (Å²) in [5.74, 6) is 0.605. The van der Waals surface area contributed by atoms with Gasteiger partial charge in [-0.2, -0.15) is 0 Å². The Balaban J connectivity index is 1.90. The first kappa shape index (κ1) is 15.9. The standard InChI is InChI=1S/C20H16ClOS/c21-17-13-11-16(12-14-17)20(22)15-23(18-7-3-1-4-8-18)19-9-5-2-6-10-19/h1-14H,15H2/q+1. The Kier molecular flexibility index (Phi) is 5.16. The molecule has 0 saturated carbocycles. The molecule has 0 saturated heterocycles. The molecule has 0 aliphatic heterocycles. The monoisotopic (exact) mass is 339 g/mol. The normalized spacial score (nSPS) is 10.7. The van der Waals surface area contributed by atoms with Crippen LogP contribution in [0.15, 0.2) is 94.7 Å². The van der Waals surface area contributed by atoms with Crippen LogP contribution in [0, 0.1) is 0 Å². The molecule has 1 nitrogen and oxygen atoms in total. The van der Waals surface area contributed by atoms with E-state index in [2.05, 4.69) is 24.3 Å². The SMILES string of the molecule is O=C(C[S+](c1ccccc1)c1ccccc1)c1ccc(Cl)cc1. The smallest absolute Gasteiger partial charge is 0.212 e. The Labute approximate surface area is 144 Å². The molecule has 114 valence electrons. The quantitative estimate of drug-likeness (QED) is 0.458. The van der Waals surface area contributed by atoms with Gasteiger partial charge in [-0.3, -0.25) is 4.79 Å². The summed E-state index contributed by atoms with van der Waals surface area (Å²) in [4.78, 5) is 15.0. The van der Waals surface area contributed by atoms with E-state index in [0.29, 0.717) is 16.3 Å². The Bertz CT molecular complexity index is 730. The highest BCUT2D eigenvalue weighted by molar-refractivity contribution is 7.97. The molecule has 0 fully saturated rings. The first-order chi connectivity index (χ1) is 11.2. The van der Waals surface area contributed by atoms with Crippen molar-refractivity contribution in [1.82, 2.24) is 0 Å². The summed E-state index contributed by atoms with van der Waals surface area (Å²) in [6.45, 7) is 0. The van der Waals surface area contributed by atoms with E-state index in [1.807, 2.05) is 36.4 Å². The van der Waals surface area contributed by atoms with Crippen LogP contribution in [0.3, 0.4) is 0 Å². The lowest BCUT2D eigenvalue weighted by molar-refractivity contribution is 0.102. The summed E-state index contributed by atoms with van der Waals surface area (Å²) in [6, 6.07) is 27.5. The highest BCUT2D eigenvalue weighted by Crippen LogP contribution is 2.24. The van der Waals surface area contributed by atoms with Gasteiger partial charge in [0, 0.05) is 10.6 Å². The minimum absolute atomic E-state index is 0.137. The van der Waals surface area contributed by atoms with Gasteiger partial charge in [0.15, 0.2) is 15.5 Å². The Morgan fingerprint density at radius 3 is 1.70 bits per heavy atom. The highest BCUT2D eigenvalue weighted by Gasteiger charge is 2.28. The van der Waals surface area contributed by atoms with Gasteiger partial charge in [-0.05, 0) is 48.5 Å². The molecule has 0 spiro atoms. The second-order valence-electron chi connectivity index (χ2n) is 5.09. The zero-order valence-corrected chi connectivity index (χ0v) is 14.1. The largest absolute Gasteiger partial charge is 0.289 e. The maximum Gasteiger partial charge on any atom is 0.212 e. The van der Waals surface area contributed by atoms with Crippen molar-refractivity contribution < 1.29 is 4.79 Å². The molecule has 0 bridgehead atoms. The van der Waals surface area contributed by atoms with E-state index in [1.54, 1.807) is 24.3 Å². The highest BCUT2D eigenvalue weighted by atomic mass is 35.5. The van der Waals surface area contributed by atoms with E-state index in [-0.39, 0.29) is 16.7 Å². The van der Waals surface area contributed by atoms with Crippen molar-refractivity contribution in [1.29, 1.82) is 0 Å². The van der Waals surface area contributed by atoms with Crippen molar-refractivity contribution in [2.75, 3.05) is 5.75 Å². The van der Waals surface area contributed by atoms with E-state index >= 15 is 0 Å². The van der Waals surface area contributed by atoms with Crippen molar-refractivity contribution >= 4 is 28.3 Å². The summed E-state index contributed by atoms with van der Waals surface area (Å²) in [5.41, 5.74) is 0.707. The molecule has 0 aliphatic rings. The molecule has 23 heavy (non-hydrogen) atoms. The molecular weight excluding hydrogens is 324 g/mol. The van der Waals surface area contributed by atoms with Gasteiger partial charge in [0.05, 0.1) is 10.9 Å². The third kappa shape index (κ3) is 4.04. The number of benzene rings is 3. The van der Waals surface area contributed by atoms with Crippen LogP contribution in [-0.2, 0) is 10.9 Å². The number of halogens is 1. The van der Waals surface area contributed by atoms with Crippen LogP contribution in [0.2, 0.25) is 5.02 Å². The molecule has 3 aromatic rings. The first-order valence-corrected chi connectivity index (χ1v) is 9.11. The molecule has 3 heteroatoms. The Morgan fingerprint density at radius 2 is 1.22 bits per heavy atom. The van der Waals surface area contributed by atoms with Crippen molar-refractivity contribution in [3.63, 3.8) is 0 Å². The molecule has 0 N–H and O–H groups in total.